The quantitative estimate of drug-likeness (QED) is 0.0902. The number of hydrogen-bond acceptors (Lipinski definition) is 8. The molecule has 0 saturated carbocycles. The molecular weight excluding hydrogens is 649 g/mol. The van der Waals surface area contributed by atoms with E-state index < -0.39 is 20.2 Å². The predicted molar refractivity (Wildman–Crippen MR) is 190 cm³/mol. The Bertz CT molecular complexity index is 2150. The largest absolute Gasteiger partial charge is 0.491 e. The fourth-order valence-corrected chi connectivity index (χ4v) is 6.33. The first-order chi connectivity index (χ1) is 23.0. The van der Waals surface area contributed by atoms with Crippen molar-refractivity contribution in [3.05, 3.63) is 121 Å². The third-order valence-corrected chi connectivity index (χ3v) is 8.88. The van der Waals surface area contributed by atoms with Crippen molar-refractivity contribution in [2.75, 3.05) is 38.9 Å². The minimum atomic E-state index is -3.50. The SMILES string of the molecule is CS(=O)(=O)OCCOc1ccc2cc(-c3ccccc3-c3ccccc3-c3ccc4cc(OCCOS(C)(=O)=O)ccc4c3)ccc2c1. The fraction of sp³-hybridized carbons (Fsp3) is 0.158. The van der Waals surface area contributed by atoms with Gasteiger partial charge in [-0.15, -0.1) is 0 Å². The van der Waals surface area contributed by atoms with Crippen LogP contribution in [0.5, 0.6) is 11.5 Å². The molecule has 0 aromatic heterocycles. The molecule has 246 valence electrons. The highest BCUT2D eigenvalue weighted by Crippen LogP contribution is 2.40. The Kier molecular flexibility index (Phi) is 9.79. The Hall–Kier alpha value is -4.74. The fourth-order valence-electron chi connectivity index (χ4n) is 5.59. The average Bonchev–Trinajstić information content (AvgIpc) is 3.07. The van der Waals surface area contributed by atoms with Gasteiger partial charge in [0, 0.05) is 0 Å². The molecule has 48 heavy (non-hydrogen) atoms. The van der Waals surface area contributed by atoms with Crippen molar-refractivity contribution in [1.29, 1.82) is 0 Å². The second-order valence-corrected chi connectivity index (χ2v) is 14.6. The maximum absolute atomic E-state index is 11.2. The second-order valence-electron chi connectivity index (χ2n) is 11.3. The zero-order valence-electron chi connectivity index (χ0n) is 26.5. The smallest absolute Gasteiger partial charge is 0.264 e. The van der Waals surface area contributed by atoms with Gasteiger partial charge in [-0.05, 0) is 91.3 Å². The highest BCUT2D eigenvalue weighted by atomic mass is 32.2. The molecule has 0 radical (unpaired) electrons. The van der Waals surface area contributed by atoms with Crippen LogP contribution in [0.2, 0.25) is 0 Å². The van der Waals surface area contributed by atoms with E-state index in [-0.39, 0.29) is 26.4 Å². The van der Waals surface area contributed by atoms with Crippen molar-refractivity contribution in [2.24, 2.45) is 0 Å². The summed E-state index contributed by atoms with van der Waals surface area (Å²) in [6.45, 7) is 0.160. The van der Waals surface area contributed by atoms with Gasteiger partial charge >= 0.3 is 0 Å². The van der Waals surface area contributed by atoms with Gasteiger partial charge in [0.15, 0.2) is 0 Å². The summed E-state index contributed by atoms with van der Waals surface area (Å²) in [6.07, 6.45) is 2.03. The van der Waals surface area contributed by atoms with Gasteiger partial charge in [0.05, 0.1) is 12.5 Å². The van der Waals surface area contributed by atoms with Crippen molar-refractivity contribution in [3.63, 3.8) is 0 Å². The van der Waals surface area contributed by atoms with Crippen molar-refractivity contribution < 1.29 is 34.7 Å². The summed E-state index contributed by atoms with van der Waals surface area (Å²) in [4.78, 5) is 0. The van der Waals surface area contributed by atoms with E-state index in [1.807, 2.05) is 48.5 Å². The van der Waals surface area contributed by atoms with Crippen molar-refractivity contribution >= 4 is 41.8 Å². The number of rotatable bonds is 13. The Balaban J connectivity index is 1.25. The first-order valence-corrected chi connectivity index (χ1v) is 18.9. The van der Waals surface area contributed by atoms with E-state index in [0.29, 0.717) is 11.5 Å². The van der Waals surface area contributed by atoms with Crippen LogP contribution in [0.3, 0.4) is 0 Å². The summed E-state index contributed by atoms with van der Waals surface area (Å²) in [6, 6.07) is 41.0. The van der Waals surface area contributed by atoms with Gasteiger partial charge in [-0.25, -0.2) is 0 Å². The van der Waals surface area contributed by atoms with Crippen LogP contribution < -0.4 is 9.47 Å². The third-order valence-electron chi connectivity index (χ3n) is 7.69. The Morgan fingerprint density at radius 3 is 1.17 bits per heavy atom. The number of fused-ring (bicyclic) bond motifs is 2. The minimum absolute atomic E-state index is 0.0458. The first kappa shape index (κ1) is 33.2. The molecule has 6 aromatic rings. The van der Waals surface area contributed by atoms with E-state index >= 15 is 0 Å². The second kappa shape index (κ2) is 14.2. The summed E-state index contributed by atoms with van der Waals surface area (Å²) < 4.78 is 65.7. The molecule has 0 fully saturated rings. The van der Waals surface area contributed by atoms with Crippen LogP contribution in [0.4, 0.5) is 0 Å². The van der Waals surface area contributed by atoms with E-state index in [1.165, 1.54) is 0 Å². The monoisotopic (exact) mass is 682 g/mol. The van der Waals surface area contributed by atoms with Crippen LogP contribution in [0.15, 0.2) is 121 Å². The molecule has 0 unspecified atom stereocenters. The molecule has 0 heterocycles. The van der Waals surface area contributed by atoms with E-state index in [2.05, 4.69) is 72.8 Å². The normalized spacial score (nSPS) is 12.0. The van der Waals surface area contributed by atoms with Gasteiger partial charge in [0.25, 0.3) is 20.2 Å². The molecule has 6 rings (SSSR count). The molecule has 0 bridgehead atoms. The van der Waals surface area contributed by atoms with Gasteiger partial charge in [-0.1, -0.05) is 84.9 Å². The molecule has 6 aromatic carbocycles. The summed E-state index contributed by atoms with van der Waals surface area (Å²) in [5.41, 5.74) is 6.59. The predicted octanol–water partition coefficient (Wildman–Crippen LogP) is 7.70. The number of hydrogen-bond donors (Lipinski definition) is 0. The lowest BCUT2D eigenvalue weighted by Crippen LogP contribution is -2.11. The molecule has 0 amide bonds. The lowest BCUT2D eigenvalue weighted by atomic mass is 9.88. The lowest BCUT2D eigenvalue weighted by molar-refractivity contribution is 0.222. The molecule has 0 aliphatic heterocycles. The molecule has 8 nitrogen and oxygen atoms in total. The zero-order valence-corrected chi connectivity index (χ0v) is 28.1. The Morgan fingerprint density at radius 2 is 0.771 bits per heavy atom. The van der Waals surface area contributed by atoms with Crippen LogP contribution in [0.1, 0.15) is 0 Å². The first-order valence-electron chi connectivity index (χ1n) is 15.2. The summed E-state index contributed by atoms with van der Waals surface area (Å²) >= 11 is 0. The number of ether oxygens (including phenoxy) is 2. The van der Waals surface area contributed by atoms with Crippen LogP contribution >= 0.6 is 0 Å². The molecule has 10 heteroatoms. The van der Waals surface area contributed by atoms with Crippen LogP contribution in [-0.4, -0.2) is 55.8 Å². The van der Waals surface area contributed by atoms with Crippen LogP contribution in [-0.2, 0) is 28.6 Å². The van der Waals surface area contributed by atoms with Crippen molar-refractivity contribution in [3.8, 4) is 44.9 Å². The summed E-state index contributed by atoms with van der Waals surface area (Å²) in [7, 11) is -7.01. The van der Waals surface area contributed by atoms with Crippen molar-refractivity contribution in [2.45, 2.75) is 0 Å². The van der Waals surface area contributed by atoms with E-state index in [1.54, 1.807) is 0 Å². The molecule has 0 aliphatic carbocycles. The molecule has 0 atom stereocenters. The van der Waals surface area contributed by atoms with Gasteiger partial charge in [-0.2, -0.15) is 16.8 Å². The highest BCUT2D eigenvalue weighted by molar-refractivity contribution is 7.86. The topological polar surface area (TPSA) is 105 Å². The van der Waals surface area contributed by atoms with Gasteiger partial charge in [0.1, 0.15) is 37.9 Å². The minimum Gasteiger partial charge on any atom is -0.491 e. The molecular formula is C38H34O8S2. The molecule has 0 spiro atoms. The van der Waals surface area contributed by atoms with Gasteiger partial charge < -0.3 is 9.47 Å². The summed E-state index contributed by atoms with van der Waals surface area (Å²) in [5.74, 6) is 1.28. The highest BCUT2D eigenvalue weighted by Gasteiger charge is 2.14. The Morgan fingerprint density at radius 1 is 0.417 bits per heavy atom. The molecule has 0 N–H and O–H groups in total. The third kappa shape index (κ3) is 8.39. The van der Waals surface area contributed by atoms with E-state index in [9.17, 15) is 16.8 Å². The Labute approximate surface area is 280 Å². The van der Waals surface area contributed by atoms with Crippen molar-refractivity contribution in [1.82, 2.24) is 0 Å². The number of benzene rings is 6. The standard InChI is InChI=1S/C38H34O8S2/c1-47(39,40)45-21-19-43-33-17-15-27-23-31(13-11-29(27)25-33)35-7-3-5-9-37(35)38-10-6-4-8-36(38)32-14-12-30-26-34(18-16-28(30)24-32)44-20-22-46-48(2,41)42/h3-18,23-26H,19-22H2,1-2H3. The van der Waals surface area contributed by atoms with E-state index in [4.69, 9.17) is 17.8 Å². The van der Waals surface area contributed by atoms with Crippen LogP contribution in [0, 0.1) is 0 Å². The zero-order chi connectivity index (χ0) is 33.7. The van der Waals surface area contributed by atoms with Crippen LogP contribution in [0.25, 0.3) is 54.9 Å². The summed E-state index contributed by atoms with van der Waals surface area (Å²) in [5, 5.41) is 4.11. The molecule has 0 aliphatic rings. The maximum Gasteiger partial charge on any atom is 0.264 e. The van der Waals surface area contributed by atoms with Gasteiger partial charge in [0.2, 0.25) is 0 Å². The maximum atomic E-state index is 11.2. The van der Waals surface area contributed by atoms with E-state index in [0.717, 1.165) is 67.4 Å². The average molecular weight is 683 g/mol. The lowest BCUT2D eigenvalue weighted by Gasteiger charge is -2.16. The van der Waals surface area contributed by atoms with Gasteiger partial charge in [-0.3, -0.25) is 8.37 Å². The molecule has 0 saturated heterocycles.